The summed E-state index contributed by atoms with van der Waals surface area (Å²) in [7, 11) is 0. The van der Waals surface area contributed by atoms with E-state index in [9.17, 15) is 4.79 Å². The molecule has 2 heteroatoms. The maximum atomic E-state index is 11.8. The largest absolute Gasteiger partial charge is 0.462 e. The molecule has 0 saturated heterocycles. The zero-order valence-corrected chi connectivity index (χ0v) is 23.8. The molecule has 7 atom stereocenters. The fourth-order valence-corrected chi connectivity index (χ4v) is 9.62. The van der Waals surface area contributed by atoms with Crippen LogP contribution in [0, 0.1) is 38.9 Å². The van der Waals surface area contributed by atoms with E-state index in [0.717, 1.165) is 12.8 Å². The summed E-state index contributed by atoms with van der Waals surface area (Å²) in [6.45, 7) is 21.2. The molecular formula is C32H52O2. The van der Waals surface area contributed by atoms with Crippen LogP contribution >= 0.6 is 0 Å². The van der Waals surface area contributed by atoms with E-state index in [1.807, 2.05) is 5.57 Å². The third kappa shape index (κ3) is 4.03. The minimum atomic E-state index is -0.121. The summed E-state index contributed by atoms with van der Waals surface area (Å²) in [5, 5.41) is 0. The molecule has 0 N–H and O–H groups in total. The first-order valence-corrected chi connectivity index (χ1v) is 14.2. The predicted octanol–water partition coefficient (Wildman–Crippen LogP) is 9.05. The molecule has 0 bridgehead atoms. The number of ether oxygens (including phenoxy) is 1. The van der Waals surface area contributed by atoms with Crippen molar-refractivity contribution in [3.8, 4) is 0 Å². The summed E-state index contributed by atoms with van der Waals surface area (Å²) >= 11 is 0. The van der Waals surface area contributed by atoms with Gasteiger partial charge in [0.25, 0.3) is 0 Å². The lowest BCUT2D eigenvalue weighted by Gasteiger charge is -2.67. The van der Waals surface area contributed by atoms with Gasteiger partial charge >= 0.3 is 5.97 Å². The Morgan fingerprint density at radius 2 is 1.71 bits per heavy atom. The zero-order valence-electron chi connectivity index (χ0n) is 23.8. The van der Waals surface area contributed by atoms with Gasteiger partial charge in [0, 0.05) is 12.3 Å². The van der Waals surface area contributed by atoms with E-state index >= 15 is 0 Å². The van der Waals surface area contributed by atoms with E-state index in [0.29, 0.717) is 33.5 Å². The number of rotatable bonds is 4. The average molecular weight is 469 g/mol. The maximum absolute atomic E-state index is 11.8. The van der Waals surface area contributed by atoms with Crippen molar-refractivity contribution in [2.24, 2.45) is 38.9 Å². The highest BCUT2D eigenvalue weighted by atomic mass is 16.5. The van der Waals surface area contributed by atoms with Crippen molar-refractivity contribution in [3.05, 3.63) is 23.3 Å². The SMILES string of the molecule is CC(=O)O[C@H]1CC[C@]2(C)[C@H]3CC[C@@]4(C)C[C@](C)(CCC=C(C)C)CC[C@]4(C)C3=CC[C@H]2C1(C)C. The third-order valence-electron chi connectivity index (χ3n) is 11.8. The Labute approximate surface area is 210 Å². The summed E-state index contributed by atoms with van der Waals surface area (Å²) in [6, 6.07) is 0. The first kappa shape index (κ1) is 26.0. The second-order valence-corrected chi connectivity index (χ2v) is 14.7. The molecule has 0 aromatic rings. The van der Waals surface area contributed by atoms with E-state index in [1.54, 1.807) is 6.92 Å². The quantitative estimate of drug-likeness (QED) is 0.304. The van der Waals surface area contributed by atoms with Gasteiger partial charge in [-0.05, 0) is 112 Å². The molecule has 3 fully saturated rings. The summed E-state index contributed by atoms with van der Waals surface area (Å²) in [4.78, 5) is 11.8. The number of carbonyl (C=O) groups excluding carboxylic acids is 1. The number of hydrogen-bond acceptors (Lipinski definition) is 2. The molecule has 0 spiro atoms. The van der Waals surface area contributed by atoms with E-state index in [1.165, 1.54) is 56.9 Å². The van der Waals surface area contributed by atoms with Crippen molar-refractivity contribution < 1.29 is 9.53 Å². The number of hydrogen-bond donors (Lipinski definition) is 0. The monoisotopic (exact) mass is 468 g/mol. The first-order chi connectivity index (χ1) is 15.7. The number of carbonyl (C=O) groups is 1. The number of fused-ring (bicyclic) bond motifs is 5. The van der Waals surface area contributed by atoms with Crippen LogP contribution in [0.1, 0.15) is 127 Å². The van der Waals surface area contributed by atoms with Crippen LogP contribution in [-0.4, -0.2) is 12.1 Å². The lowest BCUT2D eigenvalue weighted by atomic mass is 9.38. The van der Waals surface area contributed by atoms with E-state index in [2.05, 4.69) is 67.5 Å². The summed E-state index contributed by atoms with van der Waals surface area (Å²) in [5.41, 5.74) is 4.82. The number of allylic oxidation sites excluding steroid dienone is 4. The highest BCUT2D eigenvalue weighted by Gasteiger charge is 2.63. The maximum Gasteiger partial charge on any atom is 0.302 e. The lowest BCUT2D eigenvalue weighted by molar-refractivity contribution is -0.176. The van der Waals surface area contributed by atoms with E-state index in [4.69, 9.17) is 4.74 Å². The van der Waals surface area contributed by atoms with Gasteiger partial charge in [-0.15, -0.1) is 0 Å². The molecule has 0 aliphatic heterocycles. The minimum absolute atomic E-state index is 0.0262. The van der Waals surface area contributed by atoms with Gasteiger partial charge in [0.2, 0.25) is 0 Å². The van der Waals surface area contributed by atoms with Gasteiger partial charge in [0.1, 0.15) is 6.10 Å². The van der Waals surface area contributed by atoms with Crippen molar-refractivity contribution in [1.82, 2.24) is 0 Å². The fraction of sp³-hybridized carbons (Fsp3) is 0.844. The molecule has 0 aromatic carbocycles. The van der Waals surface area contributed by atoms with Crippen LogP contribution in [-0.2, 0) is 9.53 Å². The molecule has 4 aliphatic carbocycles. The van der Waals surface area contributed by atoms with Gasteiger partial charge in [-0.2, -0.15) is 0 Å². The zero-order chi connectivity index (χ0) is 25.2. The molecule has 0 aromatic heterocycles. The van der Waals surface area contributed by atoms with Crippen molar-refractivity contribution in [2.45, 2.75) is 133 Å². The smallest absolute Gasteiger partial charge is 0.302 e. The van der Waals surface area contributed by atoms with Gasteiger partial charge in [-0.25, -0.2) is 0 Å². The summed E-state index contributed by atoms with van der Waals surface area (Å²) in [5.74, 6) is 1.15. The Morgan fingerprint density at radius 3 is 2.35 bits per heavy atom. The second-order valence-electron chi connectivity index (χ2n) is 14.7. The van der Waals surface area contributed by atoms with Gasteiger partial charge < -0.3 is 4.74 Å². The van der Waals surface area contributed by atoms with E-state index in [-0.39, 0.29) is 17.5 Å². The van der Waals surface area contributed by atoms with Crippen LogP contribution in [0.4, 0.5) is 0 Å². The molecule has 0 amide bonds. The van der Waals surface area contributed by atoms with Gasteiger partial charge in [-0.3, -0.25) is 4.79 Å². The van der Waals surface area contributed by atoms with Crippen LogP contribution in [0.25, 0.3) is 0 Å². The van der Waals surface area contributed by atoms with Crippen molar-refractivity contribution in [2.75, 3.05) is 0 Å². The van der Waals surface area contributed by atoms with Crippen LogP contribution in [0.15, 0.2) is 23.3 Å². The van der Waals surface area contributed by atoms with Crippen LogP contribution in [0.5, 0.6) is 0 Å². The highest BCUT2D eigenvalue weighted by Crippen LogP contribution is 2.72. The topological polar surface area (TPSA) is 26.3 Å². The van der Waals surface area contributed by atoms with Crippen molar-refractivity contribution >= 4 is 5.97 Å². The molecule has 0 heterocycles. The molecule has 4 aliphatic rings. The molecule has 192 valence electrons. The average Bonchev–Trinajstić information content (AvgIpc) is 2.71. The van der Waals surface area contributed by atoms with Gasteiger partial charge in [0.15, 0.2) is 0 Å². The first-order valence-electron chi connectivity index (χ1n) is 14.2. The molecule has 0 unspecified atom stereocenters. The van der Waals surface area contributed by atoms with Crippen LogP contribution < -0.4 is 0 Å². The predicted molar refractivity (Wildman–Crippen MR) is 142 cm³/mol. The third-order valence-corrected chi connectivity index (χ3v) is 11.8. The Balaban J connectivity index is 1.61. The molecule has 34 heavy (non-hydrogen) atoms. The highest BCUT2D eigenvalue weighted by molar-refractivity contribution is 5.66. The van der Waals surface area contributed by atoms with Gasteiger partial charge in [0.05, 0.1) is 0 Å². The van der Waals surface area contributed by atoms with Crippen LogP contribution in [0.3, 0.4) is 0 Å². The lowest BCUT2D eigenvalue weighted by Crippen LogP contribution is -2.60. The Hall–Kier alpha value is -1.05. The minimum Gasteiger partial charge on any atom is -0.462 e. The Morgan fingerprint density at radius 1 is 1.00 bits per heavy atom. The molecule has 3 saturated carbocycles. The van der Waals surface area contributed by atoms with E-state index < -0.39 is 0 Å². The molecule has 0 radical (unpaired) electrons. The second kappa shape index (κ2) is 8.52. The fourth-order valence-electron chi connectivity index (χ4n) is 9.62. The Bertz CT molecular complexity index is 875. The van der Waals surface area contributed by atoms with Crippen molar-refractivity contribution in [1.29, 1.82) is 0 Å². The standard InChI is InChI=1S/C32H52O2/c1-22(2)11-10-16-29(6)19-20-32(9)25-12-13-26-28(4,5)27(34-23(3)33)15-18-31(26,8)24(25)14-17-30(32,7)21-29/h11-12,24,26-27H,10,13-21H2,1-9H3/t24-,26-,27-,29+,30-,31+,32+/m0/s1. The van der Waals surface area contributed by atoms with Crippen molar-refractivity contribution in [3.63, 3.8) is 0 Å². The molecular weight excluding hydrogens is 416 g/mol. The Kier molecular flexibility index (Phi) is 6.52. The number of esters is 1. The summed E-state index contributed by atoms with van der Waals surface area (Å²) < 4.78 is 5.86. The van der Waals surface area contributed by atoms with Crippen LogP contribution in [0.2, 0.25) is 0 Å². The molecule has 4 rings (SSSR count). The normalized spacial score (nSPS) is 45.2. The summed E-state index contributed by atoms with van der Waals surface area (Å²) in [6.07, 6.45) is 17.9. The van der Waals surface area contributed by atoms with Gasteiger partial charge in [-0.1, -0.05) is 64.8 Å². The molecule has 2 nitrogen and oxygen atoms in total.